The van der Waals surface area contributed by atoms with Gasteiger partial charge in [0.05, 0.1) is 17.4 Å². The maximum Gasteiger partial charge on any atom is 0.228 e. The van der Waals surface area contributed by atoms with Crippen molar-refractivity contribution < 1.29 is 13.2 Å². The molecular formula is C14H19NO3S. The largest absolute Gasteiger partial charge is 0.326 e. The Labute approximate surface area is 114 Å². The van der Waals surface area contributed by atoms with Gasteiger partial charge in [-0.2, -0.15) is 0 Å². The smallest absolute Gasteiger partial charge is 0.228 e. The van der Waals surface area contributed by atoms with Crippen LogP contribution in [-0.2, 0) is 14.6 Å². The van der Waals surface area contributed by atoms with Crippen molar-refractivity contribution >= 4 is 21.4 Å². The second-order valence-electron chi connectivity index (χ2n) is 5.37. The molecule has 1 heterocycles. The van der Waals surface area contributed by atoms with Crippen LogP contribution in [0.5, 0.6) is 0 Å². The Kier molecular flexibility index (Phi) is 3.94. The van der Waals surface area contributed by atoms with Gasteiger partial charge in [-0.3, -0.25) is 4.79 Å². The number of amides is 1. The molecule has 1 aliphatic rings. The van der Waals surface area contributed by atoms with Gasteiger partial charge >= 0.3 is 0 Å². The summed E-state index contributed by atoms with van der Waals surface area (Å²) in [6.45, 7) is 4.22. The molecule has 0 spiro atoms. The van der Waals surface area contributed by atoms with Crippen molar-refractivity contribution in [3.05, 3.63) is 29.8 Å². The van der Waals surface area contributed by atoms with Crippen LogP contribution in [-0.4, -0.2) is 25.8 Å². The van der Waals surface area contributed by atoms with Crippen LogP contribution in [0.4, 0.5) is 5.69 Å². The van der Waals surface area contributed by atoms with E-state index in [0.29, 0.717) is 12.3 Å². The third-order valence-electron chi connectivity index (χ3n) is 3.45. The Morgan fingerprint density at radius 1 is 1.26 bits per heavy atom. The van der Waals surface area contributed by atoms with Gasteiger partial charge in [0.1, 0.15) is 0 Å². The molecule has 0 saturated carbocycles. The lowest BCUT2D eigenvalue weighted by Gasteiger charge is -2.11. The van der Waals surface area contributed by atoms with Gasteiger partial charge in [-0.15, -0.1) is 0 Å². The molecule has 1 atom stereocenters. The van der Waals surface area contributed by atoms with Crippen molar-refractivity contribution in [3.8, 4) is 0 Å². The fourth-order valence-corrected chi connectivity index (χ4v) is 3.94. The van der Waals surface area contributed by atoms with Crippen LogP contribution < -0.4 is 5.32 Å². The summed E-state index contributed by atoms with van der Waals surface area (Å²) in [6.07, 6.45) is 0.429. The molecule has 5 heteroatoms. The predicted octanol–water partition coefficient (Wildman–Crippen LogP) is 2.18. The maximum atomic E-state index is 11.9. The zero-order valence-electron chi connectivity index (χ0n) is 11.2. The van der Waals surface area contributed by atoms with E-state index in [1.54, 1.807) is 0 Å². The average Bonchev–Trinajstić information content (AvgIpc) is 2.70. The first-order chi connectivity index (χ1) is 8.87. The number of hydrogen-bond acceptors (Lipinski definition) is 3. The van der Waals surface area contributed by atoms with Crippen molar-refractivity contribution in [2.75, 3.05) is 16.8 Å². The first-order valence-corrected chi connectivity index (χ1v) is 8.31. The van der Waals surface area contributed by atoms with Gasteiger partial charge in [-0.05, 0) is 30.0 Å². The fourth-order valence-electron chi connectivity index (χ4n) is 2.20. The molecule has 0 bridgehead atoms. The summed E-state index contributed by atoms with van der Waals surface area (Å²) in [6, 6.07) is 7.67. The highest BCUT2D eigenvalue weighted by Gasteiger charge is 2.32. The molecule has 104 valence electrons. The Morgan fingerprint density at radius 3 is 2.37 bits per heavy atom. The van der Waals surface area contributed by atoms with Gasteiger partial charge < -0.3 is 5.32 Å². The van der Waals surface area contributed by atoms with Crippen LogP contribution >= 0.6 is 0 Å². The first kappa shape index (κ1) is 14.1. The summed E-state index contributed by atoms with van der Waals surface area (Å²) in [5.74, 6) is -0.0572. The van der Waals surface area contributed by atoms with Crippen molar-refractivity contribution in [1.29, 1.82) is 0 Å². The van der Waals surface area contributed by atoms with Crippen LogP contribution in [0.2, 0.25) is 0 Å². The molecule has 0 aromatic heterocycles. The van der Waals surface area contributed by atoms with Gasteiger partial charge in [-0.25, -0.2) is 8.42 Å². The highest BCUT2D eigenvalue weighted by molar-refractivity contribution is 7.91. The van der Waals surface area contributed by atoms with Gasteiger partial charge in [-0.1, -0.05) is 26.0 Å². The normalized spacial score (nSPS) is 21.5. The Hall–Kier alpha value is -1.36. The minimum absolute atomic E-state index is 0.0249. The molecule has 1 N–H and O–H groups in total. The monoisotopic (exact) mass is 281 g/mol. The highest BCUT2D eigenvalue weighted by Crippen LogP contribution is 2.21. The number of benzene rings is 1. The molecule has 0 aliphatic carbocycles. The fraction of sp³-hybridized carbons (Fsp3) is 0.500. The van der Waals surface area contributed by atoms with Crippen LogP contribution in [0.25, 0.3) is 0 Å². The predicted molar refractivity (Wildman–Crippen MR) is 75.9 cm³/mol. The van der Waals surface area contributed by atoms with Crippen LogP contribution in [0.15, 0.2) is 24.3 Å². The second kappa shape index (κ2) is 5.33. The standard InChI is InChI=1S/C14H19NO3S/c1-10(2)11-3-5-13(6-4-11)15-14(16)12-7-8-19(17,18)9-12/h3-6,10,12H,7-9H2,1-2H3,(H,15,16)/t12-/m0/s1. The lowest BCUT2D eigenvalue weighted by Crippen LogP contribution is -2.23. The Morgan fingerprint density at radius 2 is 1.89 bits per heavy atom. The summed E-state index contributed by atoms with van der Waals surface area (Å²) in [4.78, 5) is 11.9. The third kappa shape index (κ3) is 3.56. The zero-order chi connectivity index (χ0) is 14.0. The van der Waals surface area contributed by atoms with Crippen LogP contribution in [0.1, 0.15) is 31.7 Å². The van der Waals surface area contributed by atoms with E-state index in [9.17, 15) is 13.2 Å². The highest BCUT2D eigenvalue weighted by atomic mass is 32.2. The molecular weight excluding hydrogens is 262 g/mol. The Bertz CT molecular complexity index is 561. The lowest BCUT2D eigenvalue weighted by atomic mass is 10.0. The molecule has 1 fully saturated rings. The molecule has 19 heavy (non-hydrogen) atoms. The van der Waals surface area contributed by atoms with Crippen molar-refractivity contribution in [2.45, 2.75) is 26.2 Å². The molecule has 1 aromatic carbocycles. The molecule has 0 unspecified atom stereocenters. The average molecular weight is 281 g/mol. The minimum atomic E-state index is -3.01. The van der Waals surface area contributed by atoms with E-state index in [0.717, 1.165) is 5.69 Å². The SMILES string of the molecule is CC(C)c1ccc(NC(=O)[C@H]2CCS(=O)(=O)C2)cc1. The second-order valence-corrected chi connectivity index (χ2v) is 7.59. The summed E-state index contributed by atoms with van der Waals surface area (Å²) in [7, 11) is -3.01. The lowest BCUT2D eigenvalue weighted by molar-refractivity contribution is -0.119. The van der Waals surface area contributed by atoms with Gasteiger partial charge in [0.25, 0.3) is 0 Å². The topological polar surface area (TPSA) is 63.2 Å². The van der Waals surface area contributed by atoms with Gasteiger partial charge in [0.2, 0.25) is 5.91 Å². The van der Waals surface area contributed by atoms with E-state index in [1.165, 1.54) is 5.56 Å². The molecule has 1 aliphatic heterocycles. The maximum absolute atomic E-state index is 11.9. The summed E-state index contributed by atoms with van der Waals surface area (Å²) in [5, 5.41) is 2.78. The summed E-state index contributed by atoms with van der Waals surface area (Å²) < 4.78 is 22.7. The van der Waals surface area contributed by atoms with Crippen molar-refractivity contribution in [1.82, 2.24) is 0 Å². The van der Waals surface area contributed by atoms with Crippen LogP contribution in [0, 0.1) is 5.92 Å². The third-order valence-corrected chi connectivity index (χ3v) is 5.22. The Balaban J connectivity index is 1.99. The van der Waals surface area contributed by atoms with E-state index in [-0.39, 0.29) is 17.4 Å². The molecule has 0 radical (unpaired) electrons. The van der Waals surface area contributed by atoms with E-state index in [2.05, 4.69) is 19.2 Å². The quantitative estimate of drug-likeness (QED) is 0.923. The summed E-state index contributed by atoms with van der Waals surface area (Å²) >= 11 is 0. The van der Waals surface area contributed by atoms with Crippen LogP contribution in [0.3, 0.4) is 0 Å². The van der Waals surface area contributed by atoms with E-state index < -0.39 is 15.8 Å². The van der Waals surface area contributed by atoms with Crippen molar-refractivity contribution in [2.24, 2.45) is 5.92 Å². The first-order valence-electron chi connectivity index (χ1n) is 6.48. The number of carbonyl (C=O) groups is 1. The molecule has 1 saturated heterocycles. The number of sulfone groups is 1. The van der Waals surface area contributed by atoms with Gasteiger partial charge in [0, 0.05) is 5.69 Å². The number of nitrogens with one attached hydrogen (secondary N) is 1. The van der Waals surface area contributed by atoms with Crippen molar-refractivity contribution in [3.63, 3.8) is 0 Å². The summed E-state index contributed by atoms with van der Waals surface area (Å²) in [5.41, 5.74) is 1.93. The molecule has 1 aromatic rings. The molecule has 1 amide bonds. The van der Waals surface area contributed by atoms with Gasteiger partial charge in [0.15, 0.2) is 9.84 Å². The number of anilines is 1. The number of rotatable bonds is 3. The van der Waals surface area contributed by atoms with E-state index in [1.807, 2.05) is 24.3 Å². The minimum Gasteiger partial charge on any atom is -0.326 e. The number of carbonyl (C=O) groups excluding carboxylic acids is 1. The van der Waals surface area contributed by atoms with E-state index >= 15 is 0 Å². The number of hydrogen-bond donors (Lipinski definition) is 1. The molecule has 4 nitrogen and oxygen atoms in total. The zero-order valence-corrected chi connectivity index (χ0v) is 12.0. The van der Waals surface area contributed by atoms with E-state index in [4.69, 9.17) is 0 Å². The molecule has 2 rings (SSSR count).